The Labute approximate surface area is 481 Å². The van der Waals surface area contributed by atoms with Crippen molar-refractivity contribution in [1.29, 1.82) is 0 Å². The van der Waals surface area contributed by atoms with E-state index in [1.807, 2.05) is 0 Å². The van der Waals surface area contributed by atoms with Crippen LogP contribution in [0, 0.1) is 0 Å². The van der Waals surface area contributed by atoms with Crippen molar-refractivity contribution in [2.75, 3.05) is 13.2 Å². The standard InChI is InChI=1S/C71H137NO5/c1-3-5-7-9-11-13-15-17-19-36-39-43-47-51-55-59-63-69(74)68(67-73)72-70(75)64-60-56-52-48-44-40-37-33-31-29-27-25-23-21-20-22-24-26-28-30-32-34-38-42-46-50-54-58-62-66-77-71(76)65-61-57-53-49-45-41-35-18-16-14-12-10-8-6-4-2/h12,14,18,35,68-69,73-74H,3-11,13,15-17,19-34,36-67H2,1-2H3,(H,72,75)/b14-12-,35-18-/t68-,69+/m0/s1. The Morgan fingerprint density at radius 1 is 0.364 bits per heavy atom. The van der Waals surface area contributed by atoms with Crippen molar-refractivity contribution in [3.05, 3.63) is 24.3 Å². The first-order valence-electron chi connectivity index (χ1n) is 35.1. The van der Waals surface area contributed by atoms with E-state index in [0.29, 0.717) is 25.9 Å². The smallest absolute Gasteiger partial charge is 0.305 e. The van der Waals surface area contributed by atoms with Gasteiger partial charge in [0, 0.05) is 12.8 Å². The molecule has 0 bridgehead atoms. The SMILES string of the molecule is CCCCC/C=C\C/C=C\CCCCCCCC(=O)OCCCCCCCCCCCCCCCCCCCCCCCCCCCCCCCC(=O)N[C@@H](CO)[C@H](O)CCCCCCCCCCCCCCCCCC. The topological polar surface area (TPSA) is 95.9 Å². The van der Waals surface area contributed by atoms with E-state index < -0.39 is 12.1 Å². The summed E-state index contributed by atoms with van der Waals surface area (Å²) in [5.74, 6) is -0.0222. The zero-order valence-electron chi connectivity index (χ0n) is 52.2. The second kappa shape index (κ2) is 66.8. The maximum Gasteiger partial charge on any atom is 0.305 e. The highest BCUT2D eigenvalue weighted by Gasteiger charge is 2.20. The van der Waals surface area contributed by atoms with E-state index in [0.717, 1.165) is 51.4 Å². The lowest BCUT2D eigenvalue weighted by atomic mass is 10.0. The molecular weight excluding hydrogens is 947 g/mol. The molecule has 6 heteroatoms. The average Bonchev–Trinajstić information content (AvgIpc) is 3.43. The summed E-state index contributed by atoms with van der Waals surface area (Å²) in [7, 11) is 0. The molecule has 456 valence electrons. The van der Waals surface area contributed by atoms with Crippen LogP contribution >= 0.6 is 0 Å². The van der Waals surface area contributed by atoms with Crippen LogP contribution in [0.1, 0.15) is 393 Å². The number of unbranched alkanes of at least 4 members (excludes halogenated alkanes) is 51. The molecule has 0 aromatic rings. The average molecular weight is 1080 g/mol. The Kier molecular flexibility index (Phi) is 65.4. The van der Waals surface area contributed by atoms with Gasteiger partial charge in [-0.05, 0) is 57.8 Å². The summed E-state index contributed by atoms with van der Waals surface area (Å²) in [5, 5.41) is 23.4. The largest absolute Gasteiger partial charge is 0.466 e. The van der Waals surface area contributed by atoms with Crippen molar-refractivity contribution < 1.29 is 24.5 Å². The maximum absolute atomic E-state index is 12.5. The predicted octanol–water partition coefficient (Wildman–Crippen LogP) is 22.5. The summed E-state index contributed by atoms with van der Waals surface area (Å²) in [4.78, 5) is 24.6. The van der Waals surface area contributed by atoms with E-state index in [9.17, 15) is 19.8 Å². The minimum atomic E-state index is -0.661. The summed E-state index contributed by atoms with van der Waals surface area (Å²) in [6.45, 7) is 4.96. The molecule has 77 heavy (non-hydrogen) atoms. The number of aliphatic hydroxyl groups excluding tert-OH is 2. The van der Waals surface area contributed by atoms with Crippen LogP contribution in [0.2, 0.25) is 0 Å². The van der Waals surface area contributed by atoms with E-state index in [-0.39, 0.29) is 18.5 Å². The summed E-state index contributed by atoms with van der Waals surface area (Å²) >= 11 is 0. The Bertz CT molecular complexity index is 1200. The number of hydrogen-bond acceptors (Lipinski definition) is 5. The molecule has 0 unspecified atom stereocenters. The fourth-order valence-electron chi connectivity index (χ4n) is 11.1. The minimum absolute atomic E-state index is 0.00605. The van der Waals surface area contributed by atoms with Crippen molar-refractivity contribution in [2.24, 2.45) is 0 Å². The Balaban J connectivity index is 3.33. The highest BCUT2D eigenvalue weighted by Crippen LogP contribution is 2.19. The molecular formula is C71H137NO5. The van der Waals surface area contributed by atoms with Crippen molar-refractivity contribution in [3.63, 3.8) is 0 Å². The Morgan fingerprint density at radius 2 is 0.649 bits per heavy atom. The molecule has 0 aromatic heterocycles. The quantitative estimate of drug-likeness (QED) is 0.0320. The monoisotopic (exact) mass is 1080 g/mol. The van der Waals surface area contributed by atoms with Crippen molar-refractivity contribution in [1.82, 2.24) is 5.32 Å². The number of esters is 1. The van der Waals surface area contributed by atoms with Crippen LogP contribution in [0.15, 0.2) is 24.3 Å². The Hall–Kier alpha value is -1.66. The summed E-state index contributed by atoms with van der Waals surface area (Å²) < 4.78 is 5.49. The third-order valence-electron chi connectivity index (χ3n) is 16.5. The van der Waals surface area contributed by atoms with E-state index in [1.54, 1.807) is 0 Å². The third kappa shape index (κ3) is 63.4. The van der Waals surface area contributed by atoms with Gasteiger partial charge in [-0.15, -0.1) is 0 Å². The van der Waals surface area contributed by atoms with Gasteiger partial charge in [0.15, 0.2) is 0 Å². The molecule has 0 heterocycles. The maximum atomic E-state index is 12.5. The molecule has 0 rings (SSSR count). The number of allylic oxidation sites excluding steroid dienone is 4. The molecule has 0 fully saturated rings. The molecule has 3 N–H and O–H groups in total. The second-order valence-corrected chi connectivity index (χ2v) is 24.2. The van der Waals surface area contributed by atoms with Gasteiger partial charge in [-0.1, -0.05) is 346 Å². The van der Waals surface area contributed by atoms with E-state index in [4.69, 9.17) is 4.74 Å². The number of amides is 1. The lowest BCUT2D eigenvalue weighted by molar-refractivity contribution is -0.143. The zero-order chi connectivity index (χ0) is 55.7. The molecule has 2 atom stereocenters. The molecule has 0 aliphatic heterocycles. The number of carbonyl (C=O) groups excluding carboxylic acids is 2. The van der Waals surface area contributed by atoms with Gasteiger partial charge in [0.1, 0.15) is 0 Å². The van der Waals surface area contributed by atoms with Crippen LogP contribution in [0.25, 0.3) is 0 Å². The molecule has 0 saturated heterocycles. The summed E-state index contributed by atoms with van der Waals surface area (Å²) in [6, 6.07) is -0.538. The van der Waals surface area contributed by atoms with Crippen LogP contribution in [0.4, 0.5) is 0 Å². The number of nitrogens with one attached hydrogen (secondary N) is 1. The molecule has 0 aliphatic rings. The first-order chi connectivity index (χ1) is 38.0. The molecule has 6 nitrogen and oxygen atoms in total. The van der Waals surface area contributed by atoms with Gasteiger partial charge in [-0.3, -0.25) is 9.59 Å². The van der Waals surface area contributed by atoms with Crippen LogP contribution in [0.5, 0.6) is 0 Å². The number of aliphatic hydroxyl groups is 2. The van der Waals surface area contributed by atoms with Crippen LogP contribution < -0.4 is 5.32 Å². The predicted molar refractivity (Wildman–Crippen MR) is 338 cm³/mol. The van der Waals surface area contributed by atoms with Gasteiger partial charge in [0.2, 0.25) is 5.91 Å². The lowest BCUT2D eigenvalue weighted by Crippen LogP contribution is -2.45. The van der Waals surface area contributed by atoms with Crippen molar-refractivity contribution >= 4 is 11.9 Å². The fourth-order valence-corrected chi connectivity index (χ4v) is 11.1. The van der Waals surface area contributed by atoms with Gasteiger partial charge < -0.3 is 20.3 Å². The lowest BCUT2D eigenvalue weighted by Gasteiger charge is -2.22. The zero-order valence-corrected chi connectivity index (χ0v) is 52.2. The van der Waals surface area contributed by atoms with Gasteiger partial charge in [0.25, 0.3) is 0 Å². The summed E-state index contributed by atoms with van der Waals surface area (Å²) in [5.41, 5.74) is 0. The van der Waals surface area contributed by atoms with Gasteiger partial charge in [-0.2, -0.15) is 0 Å². The van der Waals surface area contributed by atoms with E-state index >= 15 is 0 Å². The minimum Gasteiger partial charge on any atom is -0.466 e. The normalized spacial score (nSPS) is 12.6. The van der Waals surface area contributed by atoms with Gasteiger partial charge >= 0.3 is 5.97 Å². The van der Waals surface area contributed by atoms with Crippen molar-refractivity contribution in [2.45, 2.75) is 405 Å². The summed E-state index contributed by atoms with van der Waals surface area (Å²) in [6.07, 6.45) is 83.7. The first-order valence-corrected chi connectivity index (χ1v) is 35.1. The number of ether oxygens (including phenoxy) is 1. The highest BCUT2D eigenvalue weighted by molar-refractivity contribution is 5.76. The van der Waals surface area contributed by atoms with E-state index in [1.165, 1.54) is 308 Å². The van der Waals surface area contributed by atoms with Crippen molar-refractivity contribution in [3.8, 4) is 0 Å². The molecule has 0 aromatic carbocycles. The van der Waals surface area contributed by atoms with Crippen LogP contribution in [-0.2, 0) is 14.3 Å². The number of rotatable bonds is 66. The molecule has 0 saturated carbocycles. The van der Waals surface area contributed by atoms with Crippen LogP contribution in [-0.4, -0.2) is 47.4 Å². The van der Waals surface area contributed by atoms with Crippen LogP contribution in [0.3, 0.4) is 0 Å². The first kappa shape index (κ1) is 75.3. The molecule has 0 spiro atoms. The fraction of sp³-hybridized carbons (Fsp3) is 0.915. The molecule has 0 aliphatic carbocycles. The molecule has 0 radical (unpaired) electrons. The van der Waals surface area contributed by atoms with Gasteiger partial charge in [0.05, 0.1) is 25.4 Å². The highest BCUT2D eigenvalue weighted by atomic mass is 16.5. The Morgan fingerprint density at radius 3 is 1.01 bits per heavy atom. The second-order valence-electron chi connectivity index (χ2n) is 24.2. The third-order valence-corrected chi connectivity index (χ3v) is 16.5. The van der Waals surface area contributed by atoms with E-state index in [2.05, 4.69) is 43.5 Å². The number of hydrogen-bond donors (Lipinski definition) is 3. The number of carbonyl (C=O) groups is 2. The molecule has 1 amide bonds. The van der Waals surface area contributed by atoms with Gasteiger partial charge in [-0.25, -0.2) is 0 Å².